The second-order valence-electron chi connectivity index (χ2n) is 2.87. The monoisotopic (exact) mass is 240 g/mol. The van der Waals surface area contributed by atoms with Crippen LogP contribution in [-0.2, 0) is 15.3 Å². The summed E-state index contributed by atoms with van der Waals surface area (Å²) in [6.07, 6.45) is 0.407. The molecule has 2 nitrogen and oxygen atoms in total. The fraction of sp³-hybridized carbons (Fsp3) is 0.273. The van der Waals surface area contributed by atoms with Gasteiger partial charge in [0.05, 0.1) is 6.42 Å². The number of benzene rings is 1. The van der Waals surface area contributed by atoms with E-state index in [1.807, 2.05) is 18.2 Å². The van der Waals surface area contributed by atoms with Crippen LogP contribution >= 0.6 is 24.0 Å². The largest absolute Gasteiger partial charge is 0.423 e. The smallest absolute Gasteiger partial charge is 0.312 e. The van der Waals surface area contributed by atoms with Crippen LogP contribution in [-0.4, -0.2) is 17.3 Å². The molecule has 0 amide bonds. The van der Waals surface area contributed by atoms with Crippen molar-refractivity contribution in [2.75, 3.05) is 5.75 Å². The van der Waals surface area contributed by atoms with Gasteiger partial charge in [-0.2, -0.15) is 11.8 Å². The number of esters is 1. The van der Waals surface area contributed by atoms with Crippen LogP contribution in [0.15, 0.2) is 30.3 Å². The lowest BCUT2D eigenvalue weighted by Gasteiger charge is -2.00. The van der Waals surface area contributed by atoms with Crippen molar-refractivity contribution in [3.8, 4) is 0 Å². The maximum atomic E-state index is 10.9. The predicted molar refractivity (Wildman–Crippen MR) is 67.0 cm³/mol. The summed E-state index contributed by atoms with van der Waals surface area (Å²) in [5, 5.41) is 0. The number of thioether (sulfide) groups is 1. The number of ether oxygens (including phenoxy) is 1. The molecule has 1 aromatic rings. The molecule has 1 aromatic carbocycles. The van der Waals surface area contributed by atoms with Gasteiger partial charge in [-0.3, -0.25) is 4.79 Å². The first kappa shape index (κ1) is 12.2. The van der Waals surface area contributed by atoms with Crippen LogP contribution in [0.4, 0.5) is 0 Å². The molecular weight excluding hydrogens is 228 g/mol. The number of rotatable bonds is 6. The molecule has 15 heavy (non-hydrogen) atoms. The van der Waals surface area contributed by atoms with Crippen LogP contribution in [0.3, 0.4) is 0 Å². The molecule has 0 aromatic heterocycles. The SMILES string of the molecule is O=C(CCSCc1ccccc1)OC=S. The highest BCUT2D eigenvalue weighted by Gasteiger charge is 2.00. The van der Waals surface area contributed by atoms with Crippen molar-refractivity contribution in [2.45, 2.75) is 12.2 Å². The molecule has 80 valence electrons. The summed E-state index contributed by atoms with van der Waals surface area (Å²) in [6.45, 7) is 0. The summed E-state index contributed by atoms with van der Waals surface area (Å²) in [4.78, 5) is 10.9. The molecular formula is C11H12O2S2. The Morgan fingerprint density at radius 3 is 2.80 bits per heavy atom. The van der Waals surface area contributed by atoms with E-state index in [4.69, 9.17) is 0 Å². The Bertz CT molecular complexity index is 312. The normalized spacial score (nSPS) is 9.60. The van der Waals surface area contributed by atoms with Crippen molar-refractivity contribution in [1.29, 1.82) is 0 Å². The third-order valence-electron chi connectivity index (χ3n) is 1.74. The molecule has 0 aliphatic heterocycles. The van der Waals surface area contributed by atoms with Crippen molar-refractivity contribution in [2.24, 2.45) is 0 Å². The Labute approximate surface area is 99.0 Å². The molecule has 0 fully saturated rings. The fourth-order valence-electron chi connectivity index (χ4n) is 1.03. The number of thiocarbonyl (C=S) groups is 1. The standard InChI is InChI=1S/C11H12O2S2/c12-11(13-9-14)6-7-15-8-10-4-2-1-3-5-10/h1-5,9H,6-8H2. The zero-order valence-corrected chi connectivity index (χ0v) is 9.85. The van der Waals surface area contributed by atoms with Crippen LogP contribution in [0.1, 0.15) is 12.0 Å². The van der Waals surface area contributed by atoms with Gasteiger partial charge in [-0.15, -0.1) is 0 Å². The minimum absolute atomic E-state index is 0.259. The summed E-state index contributed by atoms with van der Waals surface area (Å²) in [7, 11) is 0. The third kappa shape index (κ3) is 5.54. The predicted octanol–water partition coefficient (Wildman–Crippen LogP) is 2.81. The first-order valence-electron chi connectivity index (χ1n) is 4.57. The number of hydrogen-bond donors (Lipinski definition) is 0. The van der Waals surface area contributed by atoms with Crippen LogP contribution in [0, 0.1) is 0 Å². The van der Waals surface area contributed by atoms with E-state index in [9.17, 15) is 4.79 Å². The molecule has 0 unspecified atom stereocenters. The summed E-state index contributed by atoms with van der Waals surface area (Å²) < 4.78 is 4.53. The van der Waals surface area contributed by atoms with E-state index >= 15 is 0 Å². The van der Waals surface area contributed by atoms with Crippen molar-refractivity contribution in [3.63, 3.8) is 0 Å². The third-order valence-corrected chi connectivity index (χ3v) is 2.87. The van der Waals surface area contributed by atoms with Gasteiger partial charge in [-0.1, -0.05) is 30.3 Å². The number of carbonyl (C=O) groups is 1. The lowest BCUT2D eigenvalue weighted by Crippen LogP contribution is -2.02. The fourth-order valence-corrected chi connectivity index (χ4v) is 2.02. The molecule has 4 heteroatoms. The van der Waals surface area contributed by atoms with Crippen molar-refractivity contribution in [3.05, 3.63) is 35.9 Å². The maximum Gasteiger partial charge on any atom is 0.312 e. The van der Waals surface area contributed by atoms with E-state index in [0.717, 1.165) is 17.1 Å². The van der Waals surface area contributed by atoms with E-state index in [0.29, 0.717) is 6.42 Å². The zero-order valence-electron chi connectivity index (χ0n) is 8.22. The minimum atomic E-state index is -0.259. The average molecular weight is 240 g/mol. The molecule has 0 spiro atoms. The van der Waals surface area contributed by atoms with Gasteiger partial charge < -0.3 is 4.74 Å². The number of hydrogen-bond acceptors (Lipinski definition) is 4. The Morgan fingerprint density at radius 1 is 1.40 bits per heavy atom. The molecule has 0 bridgehead atoms. The minimum Gasteiger partial charge on any atom is -0.423 e. The molecule has 0 aliphatic carbocycles. The second kappa shape index (κ2) is 7.43. The van der Waals surface area contributed by atoms with Crippen molar-refractivity contribution >= 4 is 35.5 Å². The van der Waals surface area contributed by atoms with Gasteiger partial charge in [0.25, 0.3) is 0 Å². The molecule has 1 rings (SSSR count). The highest BCUT2D eigenvalue weighted by Crippen LogP contribution is 2.12. The summed E-state index contributed by atoms with van der Waals surface area (Å²) in [5.41, 5.74) is 2.27. The van der Waals surface area contributed by atoms with Crippen LogP contribution in [0.25, 0.3) is 0 Å². The van der Waals surface area contributed by atoms with Gasteiger partial charge in [0, 0.05) is 11.5 Å². The van der Waals surface area contributed by atoms with E-state index in [-0.39, 0.29) is 5.97 Å². The van der Waals surface area contributed by atoms with Gasteiger partial charge in [0.15, 0.2) is 5.55 Å². The Balaban J connectivity index is 2.12. The zero-order chi connectivity index (χ0) is 10.9. The van der Waals surface area contributed by atoms with E-state index < -0.39 is 0 Å². The van der Waals surface area contributed by atoms with Gasteiger partial charge in [0.2, 0.25) is 0 Å². The highest BCUT2D eigenvalue weighted by molar-refractivity contribution is 7.98. The Kier molecular flexibility index (Phi) is 6.04. The molecule has 0 saturated carbocycles. The average Bonchev–Trinajstić information content (AvgIpc) is 2.26. The first-order chi connectivity index (χ1) is 7.33. The number of carbonyl (C=O) groups excluding carboxylic acids is 1. The second-order valence-corrected chi connectivity index (χ2v) is 4.17. The summed E-state index contributed by atoms with van der Waals surface area (Å²) >= 11 is 6.12. The molecule has 0 aliphatic rings. The van der Waals surface area contributed by atoms with Crippen molar-refractivity contribution in [1.82, 2.24) is 0 Å². The highest BCUT2D eigenvalue weighted by atomic mass is 32.2. The summed E-state index contributed by atoms with van der Waals surface area (Å²) in [5.74, 6) is 1.42. The van der Waals surface area contributed by atoms with Gasteiger partial charge in [-0.25, -0.2) is 0 Å². The molecule has 0 N–H and O–H groups in total. The maximum absolute atomic E-state index is 10.9. The topological polar surface area (TPSA) is 26.3 Å². The molecule has 0 saturated heterocycles. The Morgan fingerprint density at radius 2 is 2.13 bits per heavy atom. The van der Waals surface area contributed by atoms with Gasteiger partial charge in [-0.05, 0) is 17.8 Å². The molecule has 0 atom stereocenters. The van der Waals surface area contributed by atoms with Gasteiger partial charge >= 0.3 is 5.97 Å². The van der Waals surface area contributed by atoms with E-state index in [1.54, 1.807) is 11.8 Å². The van der Waals surface area contributed by atoms with Gasteiger partial charge in [0.1, 0.15) is 0 Å². The van der Waals surface area contributed by atoms with Crippen LogP contribution in [0.2, 0.25) is 0 Å². The van der Waals surface area contributed by atoms with Crippen molar-refractivity contribution < 1.29 is 9.53 Å². The van der Waals surface area contributed by atoms with E-state index in [1.165, 1.54) is 5.56 Å². The Hall–Kier alpha value is -0.870. The molecule has 0 radical (unpaired) electrons. The lowest BCUT2D eigenvalue weighted by molar-refractivity contribution is -0.134. The molecule has 0 heterocycles. The lowest BCUT2D eigenvalue weighted by atomic mass is 10.2. The van der Waals surface area contributed by atoms with Crippen LogP contribution < -0.4 is 0 Å². The van der Waals surface area contributed by atoms with E-state index in [2.05, 4.69) is 29.1 Å². The van der Waals surface area contributed by atoms with Crippen LogP contribution in [0.5, 0.6) is 0 Å². The summed E-state index contributed by atoms with van der Waals surface area (Å²) in [6, 6.07) is 10.2. The first-order valence-corrected chi connectivity index (χ1v) is 6.20. The quantitative estimate of drug-likeness (QED) is 0.434.